The van der Waals surface area contributed by atoms with Gasteiger partial charge < -0.3 is 9.80 Å². The molecule has 8 heteroatoms. The molecule has 1 aromatic heterocycles. The Bertz CT molecular complexity index is 711. The van der Waals surface area contributed by atoms with Crippen LogP contribution in [0.2, 0.25) is 0 Å². The van der Waals surface area contributed by atoms with E-state index in [4.69, 9.17) is 0 Å². The second-order valence-corrected chi connectivity index (χ2v) is 7.73. The van der Waals surface area contributed by atoms with Crippen molar-refractivity contribution in [3.8, 4) is 0 Å². The Labute approximate surface area is 154 Å². The number of benzene rings is 1. The first-order valence-electron chi connectivity index (χ1n) is 8.01. The van der Waals surface area contributed by atoms with Crippen LogP contribution in [0.5, 0.6) is 0 Å². The number of carbonyl (C=O) groups excluding carboxylic acids is 1. The van der Waals surface area contributed by atoms with Crippen LogP contribution < -0.4 is 4.90 Å². The molecule has 0 bridgehead atoms. The van der Waals surface area contributed by atoms with Crippen molar-refractivity contribution in [1.29, 1.82) is 0 Å². The molecule has 0 saturated carbocycles. The minimum Gasteiger partial charge on any atom is -0.368 e. The Morgan fingerprint density at radius 1 is 1.16 bits per heavy atom. The maximum Gasteiger partial charge on any atom is 0.269 e. The van der Waals surface area contributed by atoms with E-state index in [1.54, 1.807) is 35.2 Å². The van der Waals surface area contributed by atoms with Gasteiger partial charge in [0.25, 0.3) is 5.69 Å². The highest BCUT2D eigenvalue weighted by molar-refractivity contribution is 7.99. The van der Waals surface area contributed by atoms with Gasteiger partial charge in [-0.3, -0.25) is 14.9 Å². The van der Waals surface area contributed by atoms with Crippen LogP contribution in [0.4, 0.5) is 11.4 Å². The molecule has 0 atom stereocenters. The standard InChI is InChI=1S/C17H19N3O3S2/c21-17(13-24-12-16-2-1-11-25-16)19-9-7-18(8-10-19)14-3-5-15(6-4-14)20(22)23/h1-6,11H,7-10,12-13H2. The lowest BCUT2D eigenvalue weighted by atomic mass is 10.2. The number of non-ortho nitro benzene ring substituents is 1. The zero-order chi connectivity index (χ0) is 17.6. The maximum absolute atomic E-state index is 12.3. The van der Waals surface area contributed by atoms with Gasteiger partial charge in [-0.1, -0.05) is 6.07 Å². The zero-order valence-electron chi connectivity index (χ0n) is 13.7. The number of anilines is 1. The molecule has 3 rings (SSSR count). The van der Waals surface area contributed by atoms with Gasteiger partial charge in [0, 0.05) is 54.6 Å². The summed E-state index contributed by atoms with van der Waals surface area (Å²) in [5.74, 6) is 1.58. The van der Waals surface area contributed by atoms with E-state index < -0.39 is 4.92 Å². The van der Waals surface area contributed by atoms with Crippen molar-refractivity contribution < 1.29 is 9.72 Å². The minimum absolute atomic E-state index is 0.0975. The van der Waals surface area contributed by atoms with Crippen LogP contribution in [0.25, 0.3) is 0 Å². The monoisotopic (exact) mass is 377 g/mol. The van der Waals surface area contributed by atoms with E-state index >= 15 is 0 Å². The van der Waals surface area contributed by atoms with Crippen molar-refractivity contribution in [1.82, 2.24) is 4.90 Å². The molecule has 0 aliphatic carbocycles. The van der Waals surface area contributed by atoms with Crippen molar-refractivity contribution in [3.05, 3.63) is 56.8 Å². The van der Waals surface area contributed by atoms with Crippen molar-refractivity contribution >= 4 is 40.4 Å². The Kier molecular flexibility index (Phi) is 5.93. The summed E-state index contributed by atoms with van der Waals surface area (Å²) in [5.41, 5.74) is 1.06. The Morgan fingerprint density at radius 3 is 2.48 bits per heavy atom. The summed E-state index contributed by atoms with van der Waals surface area (Å²) >= 11 is 3.37. The largest absolute Gasteiger partial charge is 0.368 e. The highest BCUT2D eigenvalue weighted by atomic mass is 32.2. The number of nitro groups is 1. The third-order valence-corrected chi connectivity index (χ3v) is 6.13. The Morgan fingerprint density at radius 2 is 1.88 bits per heavy atom. The topological polar surface area (TPSA) is 66.7 Å². The third-order valence-electron chi connectivity index (χ3n) is 4.11. The summed E-state index contributed by atoms with van der Waals surface area (Å²) in [7, 11) is 0. The van der Waals surface area contributed by atoms with Gasteiger partial charge in [0.1, 0.15) is 0 Å². The molecule has 2 aromatic rings. The summed E-state index contributed by atoms with van der Waals surface area (Å²) in [6.07, 6.45) is 0. The highest BCUT2D eigenvalue weighted by Crippen LogP contribution is 2.21. The van der Waals surface area contributed by atoms with Gasteiger partial charge in [-0.25, -0.2) is 0 Å². The van der Waals surface area contributed by atoms with Crippen molar-refractivity contribution in [2.45, 2.75) is 5.75 Å². The third kappa shape index (κ3) is 4.73. The van der Waals surface area contributed by atoms with Gasteiger partial charge in [-0.2, -0.15) is 0 Å². The summed E-state index contributed by atoms with van der Waals surface area (Å²) < 4.78 is 0. The second kappa shape index (κ2) is 8.35. The number of thiophene rings is 1. The van der Waals surface area contributed by atoms with E-state index in [0.717, 1.165) is 24.5 Å². The molecule has 0 unspecified atom stereocenters. The van der Waals surface area contributed by atoms with Gasteiger partial charge in [-0.05, 0) is 23.6 Å². The molecule has 132 valence electrons. The predicted molar refractivity (Wildman–Crippen MR) is 102 cm³/mol. The molecule has 2 heterocycles. The van der Waals surface area contributed by atoms with Crippen LogP contribution in [0, 0.1) is 10.1 Å². The molecule has 0 N–H and O–H groups in total. The summed E-state index contributed by atoms with van der Waals surface area (Å²) in [6.45, 7) is 2.88. The molecular weight excluding hydrogens is 358 g/mol. The lowest BCUT2D eigenvalue weighted by molar-refractivity contribution is -0.384. The maximum atomic E-state index is 12.3. The summed E-state index contributed by atoms with van der Waals surface area (Å²) in [4.78, 5) is 28.0. The van der Waals surface area contributed by atoms with Crippen LogP contribution >= 0.6 is 23.1 Å². The number of nitro benzene ring substituents is 1. The highest BCUT2D eigenvalue weighted by Gasteiger charge is 2.21. The minimum atomic E-state index is -0.395. The molecule has 1 aromatic carbocycles. The number of nitrogens with zero attached hydrogens (tertiary/aromatic N) is 3. The van der Waals surface area contributed by atoms with Gasteiger partial charge in [0.05, 0.1) is 10.7 Å². The van der Waals surface area contributed by atoms with Gasteiger partial charge >= 0.3 is 0 Å². The van der Waals surface area contributed by atoms with Crippen molar-refractivity contribution in [2.24, 2.45) is 0 Å². The van der Waals surface area contributed by atoms with Crippen LogP contribution in [0.3, 0.4) is 0 Å². The fraction of sp³-hybridized carbons (Fsp3) is 0.353. The normalized spacial score (nSPS) is 14.6. The lowest BCUT2D eigenvalue weighted by Gasteiger charge is -2.36. The average Bonchev–Trinajstić information content (AvgIpc) is 3.15. The molecular formula is C17H19N3O3S2. The van der Waals surface area contributed by atoms with E-state index in [1.807, 2.05) is 11.0 Å². The number of carbonyl (C=O) groups is 1. The number of hydrogen-bond donors (Lipinski definition) is 0. The van der Waals surface area contributed by atoms with Crippen LogP contribution in [0.15, 0.2) is 41.8 Å². The van der Waals surface area contributed by atoms with Gasteiger partial charge in [0.15, 0.2) is 0 Å². The number of amides is 1. The fourth-order valence-corrected chi connectivity index (χ4v) is 4.49. The van der Waals surface area contributed by atoms with Gasteiger partial charge in [0.2, 0.25) is 5.91 Å². The Balaban J connectivity index is 1.44. The molecule has 1 aliphatic rings. The predicted octanol–water partition coefficient (Wildman–Crippen LogP) is 3.24. The van der Waals surface area contributed by atoms with Crippen molar-refractivity contribution in [2.75, 3.05) is 36.8 Å². The molecule has 1 aliphatic heterocycles. The Hall–Kier alpha value is -2.06. The molecule has 1 saturated heterocycles. The quantitative estimate of drug-likeness (QED) is 0.571. The van der Waals surface area contributed by atoms with Crippen LogP contribution in [-0.2, 0) is 10.5 Å². The molecule has 6 nitrogen and oxygen atoms in total. The van der Waals surface area contributed by atoms with E-state index in [2.05, 4.69) is 16.3 Å². The second-order valence-electron chi connectivity index (χ2n) is 5.71. The number of thioether (sulfide) groups is 1. The number of piperazine rings is 1. The molecule has 1 amide bonds. The van der Waals surface area contributed by atoms with E-state index in [9.17, 15) is 14.9 Å². The smallest absolute Gasteiger partial charge is 0.269 e. The summed E-state index contributed by atoms with van der Waals surface area (Å²) in [6, 6.07) is 10.7. The van der Waals surface area contributed by atoms with E-state index in [0.29, 0.717) is 18.8 Å². The molecule has 0 spiro atoms. The zero-order valence-corrected chi connectivity index (χ0v) is 15.3. The molecule has 0 radical (unpaired) electrons. The lowest BCUT2D eigenvalue weighted by Crippen LogP contribution is -2.49. The van der Waals surface area contributed by atoms with Gasteiger partial charge in [-0.15, -0.1) is 23.1 Å². The van der Waals surface area contributed by atoms with Crippen LogP contribution in [-0.4, -0.2) is 47.7 Å². The number of hydrogen-bond acceptors (Lipinski definition) is 6. The first-order chi connectivity index (χ1) is 12.1. The molecule has 1 fully saturated rings. The number of rotatable bonds is 6. The van der Waals surface area contributed by atoms with Crippen molar-refractivity contribution in [3.63, 3.8) is 0 Å². The first-order valence-corrected chi connectivity index (χ1v) is 10.0. The first kappa shape index (κ1) is 17.8. The molecule has 25 heavy (non-hydrogen) atoms. The fourth-order valence-electron chi connectivity index (χ4n) is 2.72. The van der Waals surface area contributed by atoms with E-state index in [1.165, 1.54) is 17.0 Å². The summed E-state index contributed by atoms with van der Waals surface area (Å²) in [5, 5.41) is 12.8. The SMILES string of the molecule is O=C(CSCc1cccs1)N1CCN(c2ccc([N+](=O)[O-])cc2)CC1. The average molecular weight is 377 g/mol. The van der Waals surface area contributed by atoms with E-state index in [-0.39, 0.29) is 11.6 Å². The van der Waals surface area contributed by atoms with Crippen LogP contribution in [0.1, 0.15) is 4.88 Å².